The molecule has 0 fully saturated rings. The van der Waals surface area contributed by atoms with Crippen molar-refractivity contribution in [2.45, 2.75) is 48.0 Å². The molecule has 0 aromatic rings. The molecule has 0 radical (unpaired) electrons. The summed E-state index contributed by atoms with van der Waals surface area (Å²) in [5.41, 5.74) is 7.49. The lowest BCUT2D eigenvalue weighted by Crippen LogP contribution is -2.03. The van der Waals surface area contributed by atoms with Crippen molar-refractivity contribution < 1.29 is 0 Å². The smallest absolute Gasteiger partial charge is 0.0651 e. The average molecular weight is 282 g/mol. The summed E-state index contributed by atoms with van der Waals surface area (Å²) in [7, 11) is 0. The molecule has 2 aliphatic rings. The van der Waals surface area contributed by atoms with E-state index in [0.29, 0.717) is 11.8 Å². The van der Waals surface area contributed by atoms with Crippen LogP contribution in [-0.4, -0.2) is 12.4 Å². The summed E-state index contributed by atoms with van der Waals surface area (Å²) < 4.78 is 0. The molecule has 0 heterocycles. The van der Waals surface area contributed by atoms with Gasteiger partial charge in [-0.05, 0) is 68.2 Å². The Bertz CT molecular complexity index is 609. The predicted octanol–water partition coefficient (Wildman–Crippen LogP) is 5.26. The van der Waals surface area contributed by atoms with E-state index in [-0.39, 0.29) is 0 Å². The molecule has 2 atom stereocenters. The first kappa shape index (κ1) is 15.7. The largest absolute Gasteiger partial charge is 0.255 e. The second-order valence-electron chi connectivity index (χ2n) is 6.39. The summed E-state index contributed by atoms with van der Waals surface area (Å²) >= 11 is 0. The van der Waals surface area contributed by atoms with Crippen molar-refractivity contribution >= 4 is 12.4 Å². The molecule has 0 amide bonds. The third-order valence-corrected chi connectivity index (χ3v) is 4.34. The minimum atomic E-state index is 0.504. The van der Waals surface area contributed by atoms with Crippen LogP contribution in [0.1, 0.15) is 48.0 Å². The van der Waals surface area contributed by atoms with Gasteiger partial charge in [-0.2, -0.15) is 0 Å². The Kier molecular flexibility index (Phi) is 4.76. The summed E-state index contributed by atoms with van der Waals surface area (Å²) in [6, 6.07) is 0. The molecule has 0 spiro atoms. The summed E-state index contributed by atoms with van der Waals surface area (Å²) in [6.45, 7) is 13.1. The lowest BCUT2D eigenvalue weighted by atomic mass is 9.91. The van der Waals surface area contributed by atoms with Gasteiger partial charge in [0.05, 0.1) is 11.4 Å². The zero-order chi connectivity index (χ0) is 15.6. The Morgan fingerprint density at radius 1 is 0.905 bits per heavy atom. The van der Waals surface area contributed by atoms with Crippen molar-refractivity contribution in [1.82, 2.24) is 0 Å². The molecule has 0 aromatic heterocycles. The van der Waals surface area contributed by atoms with E-state index >= 15 is 0 Å². The van der Waals surface area contributed by atoms with Crippen LogP contribution < -0.4 is 0 Å². The summed E-state index contributed by atoms with van der Waals surface area (Å²) in [5, 5.41) is 0. The minimum Gasteiger partial charge on any atom is -0.255 e. The van der Waals surface area contributed by atoms with Crippen molar-refractivity contribution in [3.8, 4) is 0 Å². The van der Waals surface area contributed by atoms with Crippen LogP contribution in [0, 0.1) is 11.8 Å². The van der Waals surface area contributed by atoms with Crippen molar-refractivity contribution in [2.24, 2.45) is 21.8 Å². The van der Waals surface area contributed by atoms with E-state index in [1.165, 1.54) is 22.3 Å². The van der Waals surface area contributed by atoms with Crippen molar-refractivity contribution in [3.05, 3.63) is 45.8 Å². The highest BCUT2D eigenvalue weighted by Crippen LogP contribution is 2.31. The first-order valence-corrected chi connectivity index (χ1v) is 7.75. The second kappa shape index (κ2) is 6.38. The zero-order valence-corrected chi connectivity index (χ0v) is 14.1. The Morgan fingerprint density at radius 2 is 1.48 bits per heavy atom. The number of nitrogens with zero attached hydrogens (tertiary/aromatic N) is 2. The SMILES string of the molecule is CC1=C[C@@H](C)CC(C)=C1N=CC=NC1=C(C)[C@@H](C)C=C1C. The van der Waals surface area contributed by atoms with E-state index in [1.54, 1.807) is 0 Å². The maximum Gasteiger partial charge on any atom is 0.0651 e. The fourth-order valence-corrected chi connectivity index (χ4v) is 3.22. The Hall–Kier alpha value is -1.70. The summed E-state index contributed by atoms with van der Waals surface area (Å²) in [4.78, 5) is 9.18. The standard InChI is InChI=1S/C19H26N2/c1-12-9-14(3)18(15(4)10-12)20-7-8-21-19-16(5)11-13(2)17(19)6/h7-9,11-13H,10H2,1-6H3/t12-,13+/m1/s1. The topological polar surface area (TPSA) is 24.7 Å². The molecule has 0 saturated heterocycles. The van der Waals surface area contributed by atoms with Crippen LogP contribution in [0.3, 0.4) is 0 Å². The van der Waals surface area contributed by atoms with Gasteiger partial charge < -0.3 is 0 Å². The number of hydrogen-bond donors (Lipinski definition) is 0. The Morgan fingerprint density at radius 3 is 2.00 bits per heavy atom. The van der Waals surface area contributed by atoms with E-state index in [4.69, 9.17) is 0 Å². The highest BCUT2D eigenvalue weighted by molar-refractivity contribution is 6.16. The molecular weight excluding hydrogens is 256 g/mol. The third-order valence-electron chi connectivity index (χ3n) is 4.34. The van der Waals surface area contributed by atoms with E-state index < -0.39 is 0 Å². The number of rotatable bonds is 3. The molecule has 0 bridgehead atoms. The van der Waals surface area contributed by atoms with Crippen LogP contribution in [0.4, 0.5) is 0 Å². The summed E-state index contributed by atoms with van der Waals surface area (Å²) in [6.07, 6.45) is 9.31. The lowest BCUT2D eigenvalue weighted by Gasteiger charge is -2.18. The second-order valence-corrected chi connectivity index (χ2v) is 6.39. The average Bonchev–Trinajstić information content (AvgIpc) is 2.62. The predicted molar refractivity (Wildman–Crippen MR) is 92.8 cm³/mol. The van der Waals surface area contributed by atoms with Crippen LogP contribution in [0.15, 0.2) is 55.8 Å². The molecule has 0 N–H and O–H groups in total. The maximum atomic E-state index is 4.60. The molecule has 2 aliphatic carbocycles. The van der Waals surface area contributed by atoms with Crippen molar-refractivity contribution in [2.75, 3.05) is 0 Å². The first-order valence-electron chi connectivity index (χ1n) is 7.75. The lowest BCUT2D eigenvalue weighted by molar-refractivity contribution is 0.689. The van der Waals surface area contributed by atoms with Gasteiger partial charge in [-0.25, -0.2) is 0 Å². The monoisotopic (exact) mass is 282 g/mol. The Labute approximate surface area is 128 Å². The normalized spacial score (nSPS) is 27.1. The van der Waals surface area contributed by atoms with E-state index in [0.717, 1.165) is 17.8 Å². The molecule has 2 rings (SSSR count). The van der Waals surface area contributed by atoms with Crippen LogP contribution in [0.25, 0.3) is 0 Å². The first-order chi connectivity index (χ1) is 9.90. The van der Waals surface area contributed by atoms with Gasteiger partial charge in [0, 0.05) is 12.4 Å². The van der Waals surface area contributed by atoms with Gasteiger partial charge in [0.2, 0.25) is 0 Å². The van der Waals surface area contributed by atoms with Gasteiger partial charge in [0.15, 0.2) is 0 Å². The van der Waals surface area contributed by atoms with Gasteiger partial charge in [-0.1, -0.05) is 26.0 Å². The van der Waals surface area contributed by atoms with Crippen molar-refractivity contribution in [1.29, 1.82) is 0 Å². The van der Waals surface area contributed by atoms with Crippen LogP contribution in [0.2, 0.25) is 0 Å². The molecule has 2 nitrogen and oxygen atoms in total. The van der Waals surface area contributed by atoms with Crippen molar-refractivity contribution in [3.63, 3.8) is 0 Å². The van der Waals surface area contributed by atoms with E-state index in [9.17, 15) is 0 Å². The molecule has 0 saturated carbocycles. The highest BCUT2D eigenvalue weighted by atomic mass is 14.8. The maximum absolute atomic E-state index is 4.60. The number of hydrogen-bond acceptors (Lipinski definition) is 2. The van der Waals surface area contributed by atoms with Gasteiger partial charge in [-0.3, -0.25) is 9.98 Å². The summed E-state index contributed by atoms with van der Waals surface area (Å²) in [5.74, 6) is 1.13. The number of aliphatic imine (C=N–C) groups is 2. The zero-order valence-electron chi connectivity index (χ0n) is 14.1. The molecular formula is C19H26N2. The molecule has 112 valence electrons. The molecule has 21 heavy (non-hydrogen) atoms. The molecule has 2 heteroatoms. The van der Waals surface area contributed by atoms with Crippen LogP contribution >= 0.6 is 0 Å². The van der Waals surface area contributed by atoms with E-state index in [1.807, 2.05) is 12.4 Å². The number of allylic oxidation sites excluding steroid dienone is 6. The fourth-order valence-electron chi connectivity index (χ4n) is 3.22. The molecule has 0 unspecified atom stereocenters. The minimum absolute atomic E-state index is 0.504. The Balaban J connectivity index is 2.11. The quantitative estimate of drug-likeness (QED) is 0.631. The highest BCUT2D eigenvalue weighted by Gasteiger charge is 2.16. The van der Waals surface area contributed by atoms with Gasteiger partial charge in [0.1, 0.15) is 0 Å². The van der Waals surface area contributed by atoms with Gasteiger partial charge in [0.25, 0.3) is 0 Å². The van der Waals surface area contributed by atoms with Crippen LogP contribution in [0.5, 0.6) is 0 Å². The van der Waals surface area contributed by atoms with Gasteiger partial charge >= 0.3 is 0 Å². The third kappa shape index (κ3) is 3.49. The molecule has 0 aliphatic heterocycles. The van der Waals surface area contributed by atoms with Crippen LogP contribution in [-0.2, 0) is 0 Å². The fraction of sp³-hybridized carbons (Fsp3) is 0.474. The molecule has 0 aromatic carbocycles. The van der Waals surface area contributed by atoms with E-state index in [2.05, 4.69) is 63.7 Å². The van der Waals surface area contributed by atoms with Gasteiger partial charge in [-0.15, -0.1) is 0 Å².